The third-order valence-electron chi connectivity index (χ3n) is 7.98. The van der Waals surface area contributed by atoms with Gasteiger partial charge >= 0.3 is 0 Å². The number of hydrogen-bond acceptors (Lipinski definition) is 8. The number of rotatable bonds is 8. The highest BCUT2D eigenvalue weighted by Gasteiger charge is 2.46. The van der Waals surface area contributed by atoms with Gasteiger partial charge in [-0.3, -0.25) is 9.59 Å². The molecule has 7 rings (SSSR count). The molecule has 0 spiro atoms. The maximum absolute atomic E-state index is 12.9. The number of carbonyl (C=O) groups is 2. The van der Waals surface area contributed by atoms with Crippen molar-refractivity contribution < 1.29 is 9.59 Å². The fourth-order valence-electron chi connectivity index (χ4n) is 5.51. The smallest absolute Gasteiger partial charge is 0.229 e. The molecule has 0 radical (unpaired) electrons. The van der Waals surface area contributed by atoms with Gasteiger partial charge in [-0.05, 0) is 63.1 Å². The van der Waals surface area contributed by atoms with E-state index in [1.165, 1.54) is 24.7 Å². The van der Waals surface area contributed by atoms with Crippen LogP contribution in [-0.4, -0.2) is 47.7 Å². The van der Waals surface area contributed by atoms with E-state index < -0.39 is 0 Å². The zero-order chi connectivity index (χ0) is 27.4. The molecule has 2 saturated carbocycles. The summed E-state index contributed by atoms with van der Waals surface area (Å²) < 4.78 is 2.05. The Labute approximate surface area is 231 Å². The number of aromatic nitrogens is 6. The number of pyridine rings is 1. The average molecular weight is 538 g/mol. The van der Waals surface area contributed by atoms with Crippen LogP contribution in [0.5, 0.6) is 0 Å². The average Bonchev–Trinajstić information content (AvgIpc) is 3.86. The van der Waals surface area contributed by atoms with Crippen molar-refractivity contribution in [3.8, 4) is 0 Å². The van der Waals surface area contributed by atoms with E-state index in [9.17, 15) is 9.59 Å². The van der Waals surface area contributed by atoms with Gasteiger partial charge in [0, 0.05) is 55.2 Å². The van der Waals surface area contributed by atoms with Crippen molar-refractivity contribution in [2.45, 2.75) is 63.8 Å². The lowest BCUT2D eigenvalue weighted by molar-refractivity contribution is -0.118. The van der Waals surface area contributed by atoms with Crippen molar-refractivity contribution in [3.63, 3.8) is 0 Å². The molecule has 11 nitrogen and oxygen atoms in total. The van der Waals surface area contributed by atoms with Gasteiger partial charge in [0.15, 0.2) is 5.65 Å². The molecule has 3 aliphatic rings. The van der Waals surface area contributed by atoms with Crippen LogP contribution in [0.1, 0.15) is 79.7 Å². The number of amides is 2. The lowest BCUT2D eigenvalue weighted by Crippen LogP contribution is -2.24. The van der Waals surface area contributed by atoms with Gasteiger partial charge in [-0.2, -0.15) is 0 Å². The molecule has 204 valence electrons. The van der Waals surface area contributed by atoms with Crippen LogP contribution in [0.3, 0.4) is 0 Å². The van der Waals surface area contributed by atoms with Crippen LogP contribution >= 0.6 is 0 Å². The van der Waals surface area contributed by atoms with Gasteiger partial charge < -0.3 is 19.9 Å². The number of nitrogens with one attached hydrogen (secondary N) is 2. The summed E-state index contributed by atoms with van der Waals surface area (Å²) in [5.74, 6) is 2.23. The van der Waals surface area contributed by atoms with Gasteiger partial charge in [0.1, 0.15) is 23.8 Å². The van der Waals surface area contributed by atoms with Crippen LogP contribution in [0.15, 0.2) is 43.1 Å². The van der Waals surface area contributed by atoms with E-state index >= 15 is 0 Å². The van der Waals surface area contributed by atoms with Crippen molar-refractivity contribution in [1.82, 2.24) is 29.3 Å². The van der Waals surface area contributed by atoms with Gasteiger partial charge in [0.25, 0.3) is 0 Å². The summed E-state index contributed by atoms with van der Waals surface area (Å²) in [4.78, 5) is 49.6. The van der Waals surface area contributed by atoms with Crippen molar-refractivity contribution in [1.29, 1.82) is 0 Å². The first-order valence-corrected chi connectivity index (χ1v) is 13.9. The predicted molar refractivity (Wildman–Crippen MR) is 149 cm³/mol. The lowest BCUT2D eigenvalue weighted by Gasteiger charge is -2.18. The summed E-state index contributed by atoms with van der Waals surface area (Å²) in [7, 11) is 0. The topological polar surface area (TPSA) is 130 Å². The Kier molecular flexibility index (Phi) is 5.94. The molecule has 4 aromatic heterocycles. The molecular formula is C29H31N9O2. The van der Waals surface area contributed by atoms with Gasteiger partial charge in [-0.25, -0.2) is 24.9 Å². The summed E-state index contributed by atoms with van der Waals surface area (Å²) in [5, 5.41) is 6.30. The van der Waals surface area contributed by atoms with Crippen LogP contribution in [0, 0.1) is 12.8 Å². The lowest BCUT2D eigenvalue weighted by atomic mass is 10.1. The minimum Gasteiger partial charge on any atom is -0.362 e. The van der Waals surface area contributed by atoms with Crippen molar-refractivity contribution in [2.75, 3.05) is 22.1 Å². The number of anilines is 3. The van der Waals surface area contributed by atoms with Gasteiger partial charge in [0.2, 0.25) is 11.8 Å². The second-order valence-corrected chi connectivity index (χ2v) is 11.1. The maximum Gasteiger partial charge on any atom is 0.229 e. The number of aryl methyl sites for hydroxylation is 1. The molecule has 0 aromatic carbocycles. The second-order valence-electron chi connectivity index (χ2n) is 11.1. The Morgan fingerprint density at radius 2 is 1.95 bits per heavy atom. The molecule has 40 heavy (non-hydrogen) atoms. The van der Waals surface area contributed by atoms with Gasteiger partial charge in [-0.15, -0.1) is 0 Å². The first kappa shape index (κ1) is 24.6. The molecule has 0 unspecified atom stereocenters. The number of nitrogens with zero attached hydrogens (tertiary/aromatic N) is 7. The molecule has 4 aromatic rings. The fraction of sp³-hybridized carbons (Fsp3) is 0.414. The summed E-state index contributed by atoms with van der Waals surface area (Å²) in [6.45, 7) is 4.67. The third-order valence-corrected chi connectivity index (χ3v) is 7.98. The van der Waals surface area contributed by atoms with E-state index in [1.807, 2.05) is 31.0 Å². The Hall–Kier alpha value is -4.41. The van der Waals surface area contributed by atoms with Crippen LogP contribution in [-0.2, 0) is 9.59 Å². The standard InChI is InChI=1S/C29H31N9O2/c1-16-7-8-30-27(33-16)20-11-21(20)29(40)36-25-12-24(31-15-32-25)34-17(2)22-14-37-13-19(18-5-6-18)10-23(28(37)35-22)38-9-3-4-26(38)39/h7-8,10,12-15,17-18,20-21H,3-6,9,11H2,1-2H3,(H2,31,32,34,36,40)/t17-,20+,21+/m1/s1. The Balaban J connectivity index is 1.07. The highest BCUT2D eigenvalue weighted by Crippen LogP contribution is 2.46. The third kappa shape index (κ3) is 4.76. The zero-order valence-electron chi connectivity index (χ0n) is 22.5. The summed E-state index contributed by atoms with van der Waals surface area (Å²) in [5.41, 5.74) is 4.67. The quantitative estimate of drug-likeness (QED) is 0.343. The van der Waals surface area contributed by atoms with Crippen LogP contribution in [0.4, 0.5) is 17.3 Å². The van der Waals surface area contributed by atoms with E-state index in [0.29, 0.717) is 29.8 Å². The molecule has 3 atom stereocenters. The molecule has 2 N–H and O–H groups in total. The number of hydrogen-bond donors (Lipinski definition) is 2. The number of imidazole rings is 1. The second kappa shape index (κ2) is 9.65. The van der Waals surface area contributed by atoms with Gasteiger partial charge in [0.05, 0.1) is 17.4 Å². The number of fused-ring (bicyclic) bond motifs is 1. The normalized spacial score (nSPS) is 21.1. The van der Waals surface area contributed by atoms with E-state index in [0.717, 1.165) is 42.1 Å². The Morgan fingerprint density at radius 3 is 2.73 bits per heavy atom. The zero-order valence-corrected chi connectivity index (χ0v) is 22.5. The first-order valence-electron chi connectivity index (χ1n) is 13.9. The predicted octanol–water partition coefficient (Wildman–Crippen LogP) is 4.14. The van der Waals surface area contributed by atoms with Crippen LogP contribution in [0.2, 0.25) is 0 Å². The molecule has 3 fully saturated rings. The molecule has 0 bridgehead atoms. The van der Waals surface area contributed by atoms with Crippen LogP contribution in [0.25, 0.3) is 5.65 Å². The van der Waals surface area contributed by atoms with E-state index in [2.05, 4.69) is 47.2 Å². The van der Waals surface area contributed by atoms with Crippen molar-refractivity contribution >= 4 is 34.8 Å². The molecule has 2 amide bonds. The van der Waals surface area contributed by atoms with Crippen LogP contribution < -0.4 is 15.5 Å². The molecule has 1 aliphatic heterocycles. The van der Waals surface area contributed by atoms with E-state index in [4.69, 9.17) is 4.98 Å². The van der Waals surface area contributed by atoms with E-state index in [1.54, 1.807) is 12.3 Å². The largest absolute Gasteiger partial charge is 0.362 e. The summed E-state index contributed by atoms with van der Waals surface area (Å²) in [6.07, 6.45) is 11.9. The highest BCUT2D eigenvalue weighted by molar-refractivity contribution is 5.98. The van der Waals surface area contributed by atoms with Gasteiger partial charge in [-0.1, -0.05) is 0 Å². The van der Waals surface area contributed by atoms with Crippen molar-refractivity contribution in [2.24, 2.45) is 5.92 Å². The van der Waals surface area contributed by atoms with Crippen molar-refractivity contribution in [3.05, 3.63) is 65.9 Å². The molecular weight excluding hydrogens is 506 g/mol. The Morgan fingerprint density at radius 1 is 1.10 bits per heavy atom. The first-order chi connectivity index (χ1) is 19.4. The fourth-order valence-corrected chi connectivity index (χ4v) is 5.51. The molecule has 11 heteroatoms. The summed E-state index contributed by atoms with van der Waals surface area (Å²) >= 11 is 0. The maximum atomic E-state index is 12.9. The monoisotopic (exact) mass is 537 g/mol. The molecule has 1 saturated heterocycles. The number of carbonyl (C=O) groups excluding carboxylic acids is 2. The minimum atomic E-state index is -0.170. The molecule has 5 heterocycles. The molecule has 2 aliphatic carbocycles. The van der Waals surface area contributed by atoms with E-state index in [-0.39, 0.29) is 29.7 Å². The SMILES string of the molecule is Cc1ccnc([C@H]2C[C@@H]2C(=O)Nc2cc(N[C@H](C)c3cn4cc(C5CC5)cc(N5CCCC5=O)c4n3)ncn2)n1. The Bertz CT molecular complexity index is 1630. The highest BCUT2D eigenvalue weighted by atomic mass is 16.2. The minimum absolute atomic E-state index is 0.0376. The summed E-state index contributed by atoms with van der Waals surface area (Å²) in [6, 6.07) is 5.56.